The SMILES string of the molecule is O=C(NCCc1cn2c(n1)CCCC2)NCCC(O)C(F)(F)F. The van der Waals surface area contributed by atoms with Crippen LogP contribution in [-0.4, -0.2) is 46.1 Å². The summed E-state index contributed by atoms with van der Waals surface area (Å²) < 4.78 is 38.3. The van der Waals surface area contributed by atoms with Gasteiger partial charge in [-0.1, -0.05) is 0 Å². The molecular formula is C14H21F3N4O2. The second-order valence-corrected chi connectivity index (χ2v) is 5.58. The largest absolute Gasteiger partial charge is 0.414 e. The number of hydrogen-bond donors (Lipinski definition) is 3. The molecule has 0 saturated heterocycles. The summed E-state index contributed by atoms with van der Waals surface area (Å²) in [6.45, 7) is 1.08. The van der Waals surface area contributed by atoms with E-state index >= 15 is 0 Å². The number of aromatic nitrogens is 2. The molecule has 0 aliphatic carbocycles. The van der Waals surface area contributed by atoms with Gasteiger partial charge in [0.25, 0.3) is 0 Å². The molecule has 0 spiro atoms. The Balaban J connectivity index is 1.62. The number of alkyl halides is 3. The van der Waals surface area contributed by atoms with Crippen molar-refractivity contribution in [1.29, 1.82) is 0 Å². The van der Waals surface area contributed by atoms with Crippen molar-refractivity contribution >= 4 is 6.03 Å². The van der Waals surface area contributed by atoms with E-state index in [0.717, 1.165) is 37.3 Å². The molecule has 0 radical (unpaired) electrons. The fraction of sp³-hybridized carbons (Fsp3) is 0.714. The molecule has 2 heterocycles. The van der Waals surface area contributed by atoms with E-state index in [1.54, 1.807) is 0 Å². The first-order chi connectivity index (χ1) is 10.9. The monoisotopic (exact) mass is 334 g/mol. The smallest absolute Gasteiger partial charge is 0.384 e. The van der Waals surface area contributed by atoms with E-state index in [9.17, 15) is 18.0 Å². The van der Waals surface area contributed by atoms with Gasteiger partial charge < -0.3 is 20.3 Å². The average molecular weight is 334 g/mol. The van der Waals surface area contributed by atoms with Crippen LogP contribution >= 0.6 is 0 Å². The van der Waals surface area contributed by atoms with E-state index in [2.05, 4.69) is 20.2 Å². The lowest BCUT2D eigenvalue weighted by atomic mass is 10.2. The highest BCUT2D eigenvalue weighted by atomic mass is 19.4. The van der Waals surface area contributed by atoms with Crippen molar-refractivity contribution in [3.05, 3.63) is 17.7 Å². The Bertz CT molecular complexity index is 507. The van der Waals surface area contributed by atoms with Crippen LogP contribution in [0.3, 0.4) is 0 Å². The molecular weight excluding hydrogens is 313 g/mol. The molecule has 1 unspecified atom stereocenters. The molecule has 0 aromatic carbocycles. The van der Waals surface area contributed by atoms with Crippen LogP contribution in [0.5, 0.6) is 0 Å². The highest BCUT2D eigenvalue weighted by Gasteiger charge is 2.37. The summed E-state index contributed by atoms with van der Waals surface area (Å²) in [4.78, 5) is 15.9. The van der Waals surface area contributed by atoms with E-state index in [0.29, 0.717) is 13.0 Å². The van der Waals surface area contributed by atoms with Crippen molar-refractivity contribution in [3.63, 3.8) is 0 Å². The van der Waals surface area contributed by atoms with E-state index in [1.165, 1.54) is 0 Å². The third kappa shape index (κ3) is 5.42. The number of carbonyl (C=O) groups excluding carboxylic acids is 1. The maximum atomic E-state index is 12.1. The van der Waals surface area contributed by atoms with Crippen molar-refractivity contribution < 1.29 is 23.1 Å². The van der Waals surface area contributed by atoms with Gasteiger partial charge in [0, 0.05) is 38.7 Å². The van der Waals surface area contributed by atoms with Gasteiger partial charge in [0.15, 0.2) is 6.10 Å². The number of fused-ring (bicyclic) bond motifs is 1. The van der Waals surface area contributed by atoms with Crippen LogP contribution in [0, 0.1) is 0 Å². The maximum Gasteiger partial charge on any atom is 0.414 e. The molecule has 2 amide bonds. The van der Waals surface area contributed by atoms with Gasteiger partial charge in [0.1, 0.15) is 5.82 Å². The number of rotatable bonds is 6. The molecule has 2 rings (SSSR count). The fourth-order valence-electron chi connectivity index (χ4n) is 2.44. The van der Waals surface area contributed by atoms with E-state index in [1.807, 2.05) is 6.20 Å². The van der Waals surface area contributed by atoms with Gasteiger partial charge in [-0.15, -0.1) is 0 Å². The molecule has 1 aliphatic rings. The Morgan fingerprint density at radius 1 is 1.35 bits per heavy atom. The van der Waals surface area contributed by atoms with Crippen molar-refractivity contribution in [2.75, 3.05) is 13.1 Å². The third-order valence-electron chi connectivity index (χ3n) is 3.71. The Hall–Kier alpha value is -1.77. The summed E-state index contributed by atoms with van der Waals surface area (Å²) in [6, 6.07) is -0.552. The first kappa shape index (κ1) is 17.6. The molecule has 1 aromatic rings. The summed E-state index contributed by atoms with van der Waals surface area (Å²) in [7, 11) is 0. The first-order valence-corrected chi connectivity index (χ1v) is 7.67. The standard InChI is InChI=1S/C14H21F3N4O2/c15-14(16,17)11(22)5-7-19-13(23)18-6-4-10-9-21-8-2-1-3-12(21)20-10/h9,11,22H,1-8H2,(H2,18,19,23). The fourth-order valence-corrected chi connectivity index (χ4v) is 2.44. The zero-order valence-electron chi connectivity index (χ0n) is 12.7. The minimum absolute atomic E-state index is 0.245. The molecule has 9 heteroatoms. The van der Waals surface area contributed by atoms with Crippen molar-refractivity contribution in [3.8, 4) is 0 Å². The number of amides is 2. The van der Waals surface area contributed by atoms with Gasteiger partial charge in [-0.2, -0.15) is 13.2 Å². The molecule has 0 saturated carbocycles. The highest BCUT2D eigenvalue weighted by molar-refractivity contribution is 5.73. The van der Waals surface area contributed by atoms with Crippen molar-refractivity contribution in [2.24, 2.45) is 0 Å². The Labute approximate surface area is 132 Å². The van der Waals surface area contributed by atoms with Gasteiger partial charge in [0.05, 0.1) is 5.69 Å². The first-order valence-electron chi connectivity index (χ1n) is 7.67. The molecule has 1 aliphatic heterocycles. The number of carbonyl (C=O) groups is 1. The van der Waals surface area contributed by atoms with E-state index in [4.69, 9.17) is 5.11 Å². The van der Waals surface area contributed by atoms with Gasteiger partial charge in [-0.05, 0) is 19.3 Å². The minimum Gasteiger partial charge on any atom is -0.384 e. The van der Waals surface area contributed by atoms with Crippen LogP contribution in [0.25, 0.3) is 0 Å². The molecule has 6 nitrogen and oxygen atoms in total. The van der Waals surface area contributed by atoms with E-state index in [-0.39, 0.29) is 6.54 Å². The van der Waals surface area contributed by atoms with Crippen LogP contribution in [0.15, 0.2) is 6.20 Å². The predicted molar refractivity (Wildman–Crippen MR) is 76.9 cm³/mol. The lowest BCUT2D eigenvalue weighted by Gasteiger charge is -2.14. The summed E-state index contributed by atoms with van der Waals surface area (Å²) in [5, 5.41) is 13.6. The molecule has 1 atom stereocenters. The number of aliphatic hydroxyl groups excluding tert-OH is 1. The number of nitrogens with one attached hydrogen (secondary N) is 2. The number of nitrogens with zero attached hydrogens (tertiary/aromatic N) is 2. The third-order valence-corrected chi connectivity index (χ3v) is 3.71. The molecule has 3 N–H and O–H groups in total. The number of imidazole rings is 1. The van der Waals surface area contributed by atoms with Gasteiger partial charge in [-0.25, -0.2) is 9.78 Å². The van der Waals surface area contributed by atoms with Crippen LogP contribution in [0.1, 0.15) is 30.8 Å². The van der Waals surface area contributed by atoms with Gasteiger partial charge in [0.2, 0.25) is 0 Å². The topological polar surface area (TPSA) is 79.2 Å². The second-order valence-electron chi connectivity index (χ2n) is 5.58. The number of aliphatic hydroxyl groups is 1. The van der Waals surface area contributed by atoms with E-state index < -0.39 is 24.7 Å². The zero-order valence-corrected chi connectivity index (χ0v) is 12.7. The summed E-state index contributed by atoms with van der Waals surface area (Å²) in [5.74, 6) is 1.07. The van der Waals surface area contributed by atoms with Crippen LogP contribution < -0.4 is 10.6 Å². The summed E-state index contributed by atoms with van der Waals surface area (Å²) in [5.41, 5.74) is 0.898. The number of hydrogen-bond acceptors (Lipinski definition) is 3. The number of halogens is 3. The lowest BCUT2D eigenvalue weighted by molar-refractivity contribution is -0.204. The molecule has 23 heavy (non-hydrogen) atoms. The van der Waals surface area contributed by atoms with Crippen LogP contribution in [-0.2, 0) is 19.4 Å². The molecule has 0 fully saturated rings. The Kier molecular flexibility index (Phi) is 5.86. The lowest BCUT2D eigenvalue weighted by Crippen LogP contribution is -2.39. The summed E-state index contributed by atoms with van der Waals surface area (Å²) >= 11 is 0. The quantitative estimate of drug-likeness (QED) is 0.735. The van der Waals surface area contributed by atoms with Crippen molar-refractivity contribution in [1.82, 2.24) is 20.2 Å². The minimum atomic E-state index is -4.65. The van der Waals surface area contributed by atoms with Crippen molar-refractivity contribution in [2.45, 2.75) is 50.9 Å². The van der Waals surface area contributed by atoms with Gasteiger partial charge in [-0.3, -0.25) is 0 Å². The van der Waals surface area contributed by atoms with Crippen LogP contribution in [0.4, 0.5) is 18.0 Å². The second kappa shape index (κ2) is 7.67. The Morgan fingerprint density at radius 2 is 2.09 bits per heavy atom. The van der Waals surface area contributed by atoms with Gasteiger partial charge >= 0.3 is 12.2 Å². The Morgan fingerprint density at radius 3 is 2.78 bits per heavy atom. The molecule has 0 bridgehead atoms. The zero-order chi connectivity index (χ0) is 16.9. The normalized spacial score (nSPS) is 15.8. The van der Waals surface area contributed by atoms with Crippen LogP contribution in [0.2, 0.25) is 0 Å². The summed E-state index contributed by atoms with van der Waals surface area (Å²) in [6.07, 6.45) is -1.83. The highest BCUT2D eigenvalue weighted by Crippen LogP contribution is 2.21. The number of aryl methyl sites for hydroxylation is 2. The maximum absolute atomic E-state index is 12.1. The molecule has 130 valence electrons. The predicted octanol–water partition coefficient (Wildman–Crippen LogP) is 1.37. The number of urea groups is 1. The average Bonchev–Trinajstić information content (AvgIpc) is 2.88. The molecule has 1 aromatic heterocycles.